The Morgan fingerprint density at radius 3 is 2.31 bits per heavy atom. The van der Waals surface area contributed by atoms with Gasteiger partial charge in [-0.3, -0.25) is 19.3 Å². The van der Waals surface area contributed by atoms with Crippen molar-refractivity contribution < 1.29 is 23.6 Å². The quantitative estimate of drug-likeness (QED) is 0.462. The Balaban J connectivity index is 1.24. The van der Waals surface area contributed by atoms with Crippen LogP contribution in [0.1, 0.15) is 88.4 Å². The number of aryl methyl sites for hydroxylation is 1. The van der Waals surface area contributed by atoms with Gasteiger partial charge < -0.3 is 19.9 Å². The average molecular weight is 573 g/mol. The van der Waals surface area contributed by atoms with E-state index in [-0.39, 0.29) is 29.6 Å². The molecule has 7 rings (SSSR count). The lowest BCUT2D eigenvalue weighted by Gasteiger charge is -2.34. The van der Waals surface area contributed by atoms with Crippen molar-refractivity contribution in [1.29, 1.82) is 0 Å². The second-order valence-electron chi connectivity index (χ2n) is 13.1. The molecule has 2 aliphatic carbocycles. The highest BCUT2D eigenvalue weighted by atomic mass is 16.5. The minimum atomic E-state index is -1.26. The van der Waals surface area contributed by atoms with Crippen LogP contribution in [-0.2, 0) is 19.1 Å². The number of carbonyl (C=O) groups is 3. The van der Waals surface area contributed by atoms with Gasteiger partial charge in [0.2, 0.25) is 17.7 Å². The fourth-order valence-corrected chi connectivity index (χ4v) is 8.31. The molecule has 4 fully saturated rings. The second-order valence-corrected chi connectivity index (χ2v) is 13.1. The van der Waals surface area contributed by atoms with Crippen LogP contribution >= 0.6 is 0 Å². The maximum absolute atomic E-state index is 14.5. The van der Waals surface area contributed by atoms with Crippen molar-refractivity contribution in [2.24, 2.45) is 11.8 Å². The van der Waals surface area contributed by atoms with Gasteiger partial charge in [0.25, 0.3) is 0 Å². The van der Waals surface area contributed by atoms with E-state index in [2.05, 4.69) is 27.9 Å². The molecule has 0 radical (unpaired) electrons. The molecule has 3 amide bonds. The molecule has 3 aliphatic heterocycles. The monoisotopic (exact) mass is 572 g/mol. The Hall–Kier alpha value is -3.46. The van der Waals surface area contributed by atoms with Crippen molar-refractivity contribution in [1.82, 2.24) is 10.5 Å². The molecule has 2 N–H and O–H groups in total. The molecule has 2 aromatic rings. The van der Waals surface area contributed by atoms with Gasteiger partial charge in [-0.05, 0) is 63.1 Å². The number of ether oxygens (including phenoxy) is 1. The number of aromatic nitrogens is 1. The van der Waals surface area contributed by atoms with Crippen LogP contribution in [0.25, 0.3) is 0 Å². The van der Waals surface area contributed by atoms with Crippen LogP contribution in [0, 0.1) is 18.8 Å². The maximum atomic E-state index is 14.5. The molecular weight excluding hydrogens is 532 g/mol. The van der Waals surface area contributed by atoms with Crippen LogP contribution in [-0.4, -0.2) is 46.2 Å². The minimum Gasteiger partial charge on any atom is -0.360 e. The van der Waals surface area contributed by atoms with Crippen molar-refractivity contribution in [3.8, 4) is 0 Å². The molecule has 0 unspecified atom stereocenters. The summed E-state index contributed by atoms with van der Waals surface area (Å²) in [6, 6.07) is 8.91. The summed E-state index contributed by atoms with van der Waals surface area (Å²) in [6.45, 7) is 3.57. The van der Waals surface area contributed by atoms with Gasteiger partial charge in [0.15, 0.2) is 5.82 Å². The van der Waals surface area contributed by atoms with Gasteiger partial charge >= 0.3 is 0 Å². The molecule has 1 spiro atoms. The highest BCUT2D eigenvalue weighted by molar-refractivity contribution is 6.11. The minimum absolute atomic E-state index is 0.0694. The number of fused-ring (bicyclic) bond motifs is 1. The van der Waals surface area contributed by atoms with Crippen molar-refractivity contribution >= 4 is 29.2 Å². The van der Waals surface area contributed by atoms with Crippen molar-refractivity contribution in [3.05, 3.63) is 53.8 Å². The normalized spacial score (nSPS) is 32.8. The molecule has 9 nitrogen and oxygen atoms in total. The molecule has 5 atom stereocenters. The molecule has 1 aromatic carbocycles. The largest absolute Gasteiger partial charge is 0.360 e. The van der Waals surface area contributed by atoms with Crippen molar-refractivity contribution in [2.75, 3.05) is 10.2 Å². The summed E-state index contributed by atoms with van der Waals surface area (Å²) in [5.41, 5.74) is -0.363. The summed E-state index contributed by atoms with van der Waals surface area (Å²) in [6.07, 6.45) is 15.0. The number of anilines is 2. The predicted molar refractivity (Wildman–Crippen MR) is 157 cm³/mol. The molecule has 222 valence electrons. The van der Waals surface area contributed by atoms with Crippen LogP contribution in [0.15, 0.2) is 47.0 Å². The van der Waals surface area contributed by atoms with E-state index in [1.165, 1.54) is 44.1 Å². The first-order valence-corrected chi connectivity index (χ1v) is 15.7. The molecule has 4 heterocycles. The summed E-state index contributed by atoms with van der Waals surface area (Å²) in [5, 5.41) is 9.99. The standard InChI is InChI=1S/C33H40N4O5/c1-20-19-25(36-41-20)35-29(38)26-27-31(40)37(24-15-13-22(14-16-24)21-9-5-3-6-10-21)28(33(27)18-17-32(26,2)42-33)30(39)34-23-11-7-4-8-12-23/h13-19,21,23,26-28H,3-12H2,1-2H3,(H,34,39)(H,35,36,38)/t26-,27-,28+,32-,33+/m0/s1. The summed E-state index contributed by atoms with van der Waals surface area (Å²) in [7, 11) is 0. The van der Waals surface area contributed by atoms with Crippen molar-refractivity contribution in [3.63, 3.8) is 0 Å². The average Bonchev–Trinajstić information content (AvgIpc) is 3.70. The smallest absolute Gasteiger partial charge is 0.246 e. The first-order valence-electron chi connectivity index (χ1n) is 15.7. The zero-order chi connectivity index (χ0) is 29.1. The van der Waals surface area contributed by atoms with Crippen LogP contribution in [0.3, 0.4) is 0 Å². The highest BCUT2D eigenvalue weighted by Crippen LogP contribution is 2.60. The zero-order valence-corrected chi connectivity index (χ0v) is 24.4. The third-order valence-corrected chi connectivity index (χ3v) is 10.3. The fourth-order valence-electron chi connectivity index (χ4n) is 8.31. The molecule has 1 aromatic heterocycles. The Labute approximate surface area is 246 Å². The fraction of sp³-hybridized carbons (Fsp3) is 0.576. The van der Waals surface area contributed by atoms with Gasteiger partial charge in [0.1, 0.15) is 17.4 Å². The summed E-state index contributed by atoms with van der Waals surface area (Å²) < 4.78 is 11.8. The van der Waals surface area contributed by atoms with E-state index in [1.54, 1.807) is 17.9 Å². The number of carbonyl (C=O) groups excluding carboxylic acids is 3. The van der Waals surface area contributed by atoms with E-state index in [0.29, 0.717) is 17.4 Å². The third kappa shape index (κ3) is 4.39. The van der Waals surface area contributed by atoms with Crippen LogP contribution in [0.4, 0.5) is 11.5 Å². The van der Waals surface area contributed by atoms with E-state index in [4.69, 9.17) is 9.26 Å². The molecule has 42 heavy (non-hydrogen) atoms. The van der Waals surface area contributed by atoms with E-state index in [1.807, 2.05) is 31.2 Å². The third-order valence-electron chi connectivity index (χ3n) is 10.3. The lowest BCUT2D eigenvalue weighted by molar-refractivity contribution is -0.131. The Kier molecular flexibility index (Phi) is 6.76. The molecule has 9 heteroatoms. The van der Waals surface area contributed by atoms with Gasteiger partial charge in [0.05, 0.1) is 17.4 Å². The van der Waals surface area contributed by atoms with Gasteiger partial charge in [-0.2, -0.15) is 0 Å². The number of hydrogen-bond acceptors (Lipinski definition) is 6. The van der Waals surface area contributed by atoms with E-state index in [9.17, 15) is 14.4 Å². The van der Waals surface area contributed by atoms with Gasteiger partial charge in [-0.1, -0.05) is 68.0 Å². The van der Waals surface area contributed by atoms with Crippen LogP contribution in [0.5, 0.6) is 0 Å². The Bertz CT molecular complexity index is 1410. The number of hydrogen-bond donors (Lipinski definition) is 2. The Morgan fingerprint density at radius 1 is 0.952 bits per heavy atom. The first kappa shape index (κ1) is 27.4. The van der Waals surface area contributed by atoms with Crippen LogP contribution < -0.4 is 15.5 Å². The van der Waals surface area contributed by atoms with E-state index < -0.39 is 29.1 Å². The number of nitrogens with one attached hydrogen (secondary N) is 2. The van der Waals surface area contributed by atoms with Gasteiger partial charge in [-0.25, -0.2) is 0 Å². The number of rotatable bonds is 6. The summed E-state index contributed by atoms with van der Waals surface area (Å²) >= 11 is 0. The number of benzene rings is 1. The highest BCUT2D eigenvalue weighted by Gasteiger charge is 2.76. The second kappa shape index (κ2) is 10.4. The summed E-state index contributed by atoms with van der Waals surface area (Å²) in [5.74, 6) is -1.20. The number of amides is 3. The molecule has 5 aliphatic rings. The molecular formula is C33H40N4O5. The van der Waals surface area contributed by atoms with Crippen molar-refractivity contribution in [2.45, 2.75) is 107 Å². The lowest BCUT2D eigenvalue weighted by Crippen LogP contribution is -2.56. The van der Waals surface area contributed by atoms with Gasteiger partial charge in [-0.15, -0.1) is 0 Å². The topological polar surface area (TPSA) is 114 Å². The predicted octanol–water partition coefficient (Wildman–Crippen LogP) is 5.16. The Morgan fingerprint density at radius 2 is 1.64 bits per heavy atom. The molecule has 2 bridgehead atoms. The SMILES string of the molecule is Cc1cc(NC(=O)[C@@H]2[C@H]3C(=O)N(c4ccc(C5CCCCC5)cc4)[C@H](C(=O)NC4CCCCC4)[C@@]34C=C[C@]2(C)O4)no1. The molecule has 2 saturated carbocycles. The van der Waals surface area contributed by atoms with Crippen LogP contribution in [0.2, 0.25) is 0 Å². The number of nitrogens with zero attached hydrogens (tertiary/aromatic N) is 2. The van der Waals surface area contributed by atoms with Gasteiger partial charge in [0, 0.05) is 17.8 Å². The lowest BCUT2D eigenvalue weighted by atomic mass is 9.70. The van der Waals surface area contributed by atoms with E-state index in [0.717, 1.165) is 25.7 Å². The maximum Gasteiger partial charge on any atom is 0.246 e. The van der Waals surface area contributed by atoms with E-state index >= 15 is 0 Å². The molecule has 2 saturated heterocycles. The summed E-state index contributed by atoms with van der Waals surface area (Å²) in [4.78, 5) is 44.1. The zero-order valence-electron chi connectivity index (χ0n) is 24.4. The first-order chi connectivity index (χ1) is 20.3.